The third-order valence-corrected chi connectivity index (χ3v) is 5.62. The maximum absolute atomic E-state index is 12.7. The number of nitrogens with zero attached hydrogens (tertiary/aromatic N) is 4. The summed E-state index contributed by atoms with van der Waals surface area (Å²) in [6, 6.07) is 7.44. The van der Waals surface area contributed by atoms with Crippen molar-refractivity contribution in [3.63, 3.8) is 0 Å². The molecule has 0 saturated carbocycles. The molecule has 7 nitrogen and oxygen atoms in total. The Morgan fingerprint density at radius 3 is 2.64 bits per heavy atom. The Kier molecular flexibility index (Phi) is 4.93. The molecule has 2 aliphatic heterocycles. The largest absolute Gasteiger partial charge is 0.342 e. The van der Waals surface area contributed by atoms with Crippen molar-refractivity contribution < 1.29 is 9.59 Å². The number of aromatic nitrogens is 2. The molecule has 1 aromatic carbocycles. The lowest BCUT2D eigenvalue weighted by Gasteiger charge is -2.46. The molecule has 2 atom stereocenters. The van der Waals surface area contributed by atoms with Crippen LogP contribution in [0.4, 0.5) is 0 Å². The van der Waals surface area contributed by atoms with Crippen LogP contribution >= 0.6 is 0 Å². The molecule has 2 fully saturated rings. The lowest BCUT2D eigenvalue weighted by molar-refractivity contribution is -0.154. The van der Waals surface area contributed by atoms with E-state index < -0.39 is 12.1 Å². The molecular weight excluding hydrogens is 354 g/mol. The summed E-state index contributed by atoms with van der Waals surface area (Å²) in [4.78, 5) is 29.2. The second-order valence-corrected chi connectivity index (χ2v) is 8.14. The molecule has 2 aromatic rings. The average Bonchev–Trinajstić information content (AvgIpc) is 3.13. The topological polar surface area (TPSA) is 70.5 Å². The lowest BCUT2D eigenvalue weighted by Crippen LogP contribution is -2.70. The molecule has 4 rings (SSSR count). The fraction of sp³-hybridized carbons (Fsp3) is 0.476. The highest BCUT2D eigenvalue weighted by molar-refractivity contribution is 5.97. The summed E-state index contributed by atoms with van der Waals surface area (Å²) in [6.45, 7) is 8.61. The van der Waals surface area contributed by atoms with Gasteiger partial charge in [-0.25, -0.2) is 4.68 Å². The predicted octanol–water partition coefficient (Wildman–Crippen LogP) is 1.35. The number of hydrogen-bond acceptors (Lipinski definition) is 4. The van der Waals surface area contributed by atoms with Gasteiger partial charge in [-0.1, -0.05) is 31.5 Å². The van der Waals surface area contributed by atoms with Gasteiger partial charge in [-0.15, -0.1) is 0 Å². The molecule has 7 heteroatoms. The molecule has 0 spiro atoms. The van der Waals surface area contributed by atoms with Crippen LogP contribution in [0.5, 0.6) is 0 Å². The van der Waals surface area contributed by atoms with E-state index in [2.05, 4.69) is 34.4 Å². The van der Waals surface area contributed by atoms with E-state index in [1.165, 1.54) is 5.56 Å². The summed E-state index contributed by atoms with van der Waals surface area (Å²) < 4.78 is 1.87. The van der Waals surface area contributed by atoms with Gasteiger partial charge < -0.3 is 10.2 Å². The first-order valence-electron chi connectivity index (χ1n) is 9.86. The number of rotatable bonds is 4. The molecule has 0 bridgehead atoms. The van der Waals surface area contributed by atoms with Crippen LogP contribution in [-0.2, 0) is 16.1 Å². The zero-order chi connectivity index (χ0) is 19.8. The van der Waals surface area contributed by atoms with Gasteiger partial charge in [-0.2, -0.15) is 5.10 Å². The summed E-state index contributed by atoms with van der Waals surface area (Å²) in [7, 11) is 0. The fourth-order valence-electron chi connectivity index (χ4n) is 3.95. The quantitative estimate of drug-likeness (QED) is 0.868. The fourth-order valence-corrected chi connectivity index (χ4v) is 3.95. The van der Waals surface area contributed by atoms with Crippen LogP contribution < -0.4 is 5.32 Å². The van der Waals surface area contributed by atoms with Crippen molar-refractivity contribution in [1.29, 1.82) is 0 Å². The van der Waals surface area contributed by atoms with Gasteiger partial charge in [-0.05, 0) is 25.0 Å². The number of hydrogen-bond donors (Lipinski definition) is 1. The van der Waals surface area contributed by atoms with E-state index in [1.807, 2.05) is 43.1 Å². The van der Waals surface area contributed by atoms with Crippen molar-refractivity contribution in [2.45, 2.75) is 39.4 Å². The van der Waals surface area contributed by atoms with Crippen molar-refractivity contribution in [2.75, 3.05) is 19.6 Å². The number of amides is 2. The molecule has 2 saturated heterocycles. The number of fused-ring (bicyclic) bond motifs is 1. The Morgan fingerprint density at radius 2 is 1.93 bits per heavy atom. The van der Waals surface area contributed by atoms with Crippen LogP contribution in [0.15, 0.2) is 36.7 Å². The van der Waals surface area contributed by atoms with E-state index in [-0.39, 0.29) is 17.7 Å². The van der Waals surface area contributed by atoms with Crippen molar-refractivity contribution in [2.24, 2.45) is 5.92 Å². The Morgan fingerprint density at radius 1 is 1.18 bits per heavy atom. The highest BCUT2D eigenvalue weighted by Gasteiger charge is 2.44. The maximum Gasteiger partial charge on any atom is 0.246 e. The van der Waals surface area contributed by atoms with Crippen LogP contribution in [0, 0.1) is 12.8 Å². The summed E-state index contributed by atoms with van der Waals surface area (Å²) in [5.74, 6) is 0.104. The number of aryl methyl sites for hydroxylation is 1. The van der Waals surface area contributed by atoms with E-state index >= 15 is 0 Å². The van der Waals surface area contributed by atoms with Gasteiger partial charge in [0.2, 0.25) is 11.8 Å². The molecule has 1 aromatic heterocycles. The first-order valence-corrected chi connectivity index (χ1v) is 9.86. The van der Waals surface area contributed by atoms with Crippen molar-refractivity contribution in [3.8, 4) is 5.69 Å². The van der Waals surface area contributed by atoms with Crippen LogP contribution in [0.3, 0.4) is 0 Å². The van der Waals surface area contributed by atoms with E-state index in [4.69, 9.17) is 0 Å². The van der Waals surface area contributed by atoms with E-state index in [0.717, 1.165) is 17.8 Å². The van der Waals surface area contributed by atoms with Gasteiger partial charge in [0.15, 0.2) is 0 Å². The van der Waals surface area contributed by atoms with Crippen LogP contribution in [-0.4, -0.2) is 63.1 Å². The van der Waals surface area contributed by atoms with Crippen LogP contribution in [0.1, 0.15) is 25.0 Å². The maximum atomic E-state index is 12.7. The first-order chi connectivity index (χ1) is 13.4. The SMILES string of the molecule is Cc1ccc(-n2cc(CN3CCN4C(=O)[C@@H](C(C)C)NC(=O)[C@H]4C3)cn2)cc1. The molecule has 1 N–H and O–H groups in total. The molecule has 148 valence electrons. The zero-order valence-corrected chi connectivity index (χ0v) is 16.6. The molecule has 2 aliphatic rings. The van der Waals surface area contributed by atoms with Crippen LogP contribution in [0.25, 0.3) is 5.69 Å². The van der Waals surface area contributed by atoms with Crippen molar-refractivity contribution in [1.82, 2.24) is 24.9 Å². The minimum Gasteiger partial charge on any atom is -0.342 e. The molecule has 2 amide bonds. The molecule has 0 aliphatic carbocycles. The molecule has 0 unspecified atom stereocenters. The minimum atomic E-state index is -0.400. The average molecular weight is 381 g/mol. The third-order valence-electron chi connectivity index (χ3n) is 5.62. The van der Waals surface area contributed by atoms with Gasteiger partial charge in [0.05, 0.1) is 11.9 Å². The smallest absolute Gasteiger partial charge is 0.246 e. The number of benzene rings is 1. The Balaban J connectivity index is 1.42. The van der Waals surface area contributed by atoms with Crippen molar-refractivity contribution >= 4 is 11.8 Å². The van der Waals surface area contributed by atoms with Gasteiger partial charge in [0.25, 0.3) is 0 Å². The summed E-state index contributed by atoms with van der Waals surface area (Å²) >= 11 is 0. The second-order valence-electron chi connectivity index (χ2n) is 8.14. The molecule has 3 heterocycles. The van der Waals surface area contributed by atoms with Gasteiger partial charge >= 0.3 is 0 Å². The van der Waals surface area contributed by atoms with E-state index in [1.54, 1.807) is 4.90 Å². The normalized spacial score (nSPS) is 23.1. The Bertz CT molecular complexity index is 873. The molecular formula is C21H27N5O2. The molecule has 0 radical (unpaired) electrons. The standard InChI is InChI=1S/C21H27N5O2/c1-14(2)19-21(28)25-9-8-24(13-18(25)20(27)23-19)11-16-10-22-26(12-16)17-6-4-15(3)5-7-17/h4-7,10,12,14,18-19H,8-9,11,13H2,1-3H3,(H,23,27)/t18-,19-/m1/s1. The zero-order valence-electron chi connectivity index (χ0n) is 16.6. The third kappa shape index (κ3) is 3.54. The first kappa shape index (κ1) is 18.7. The molecule has 28 heavy (non-hydrogen) atoms. The van der Waals surface area contributed by atoms with E-state index in [9.17, 15) is 9.59 Å². The van der Waals surface area contributed by atoms with Gasteiger partial charge in [0, 0.05) is 37.9 Å². The lowest BCUT2D eigenvalue weighted by atomic mass is 9.96. The Labute approximate surface area is 165 Å². The second kappa shape index (κ2) is 7.39. The Hall–Kier alpha value is -2.67. The number of carbonyl (C=O) groups excluding carboxylic acids is 2. The van der Waals surface area contributed by atoms with E-state index in [0.29, 0.717) is 19.6 Å². The predicted molar refractivity (Wildman–Crippen MR) is 106 cm³/mol. The monoisotopic (exact) mass is 381 g/mol. The van der Waals surface area contributed by atoms with Gasteiger partial charge in [0.1, 0.15) is 12.1 Å². The van der Waals surface area contributed by atoms with Gasteiger partial charge in [-0.3, -0.25) is 14.5 Å². The van der Waals surface area contributed by atoms with Crippen LogP contribution in [0.2, 0.25) is 0 Å². The summed E-state index contributed by atoms with van der Waals surface area (Å²) in [6.07, 6.45) is 3.89. The number of piperazine rings is 2. The number of nitrogens with one attached hydrogen (secondary N) is 1. The number of carbonyl (C=O) groups is 2. The highest BCUT2D eigenvalue weighted by atomic mass is 16.2. The van der Waals surface area contributed by atoms with Crippen molar-refractivity contribution in [3.05, 3.63) is 47.8 Å². The highest BCUT2D eigenvalue weighted by Crippen LogP contribution is 2.21. The summed E-state index contributed by atoms with van der Waals surface area (Å²) in [5, 5.41) is 7.37. The minimum absolute atomic E-state index is 0.0432. The summed E-state index contributed by atoms with van der Waals surface area (Å²) in [5.41, 5.74) is 3.34.